The van der Waals surface area contributed by atoms with Crippen molar-refractivity contribution in [2.24, 2.45) is 5.73 Å². The van der Waals surface area contributed by atoms with Gasteiger partial charge in [0.25, 0.3) is 5.91 Å². The number of thiazole rings is 1. The Balaban J connectivity index is 0.00000264. The molecule has 4 N–H and O–H groups in total. The highest BCUT2D eigenvalue weighted by Crippen LogP contribution is 2.22. The fraction of sp³-hybridized carbons (Fsp3) is 0.308. The first kappa shape index (κ1) is 23.2. The molecule has 0 saturated carbocycles. The number of hydrogen-bond acceptors (Lipinski definition) is 6. The Labute approximate surface area is 166 Å². The summed E-state index contributed by atoms with van der Waals surface area (Å²) in [6, 6.07) is 1.60. The van der Waals surface area contributed by atoms with Crippen LogP contribution in [-0.4, -0.2) is 35.5 Å². The van der Waals surface area contributed by atoms with Gasteiger partial charge in [-0.3, -0.25) is 4.79 Å². The molecule has 0 aliphatic rings. The quantitative estimate of drug-likeness (QED) is 0.584. The molecule has 0 saturated heterocycles. The topological polar surface area (TPSA) is 92.9 Å². The van der Waals surface area contributed by atoms with Gasteiger partial charge >= 0.3 is 0 Å². The van der Waals surface area contributed by atoms with E-state index in [1.807, 2.05) is 0 Å². The predicted molar refractivity (Wildman–Crippen MR) is 104 cm³/mol. The van der Waals surface area contributed by atoms with Crippen molar-refractivity contribution in [2.75, 3.05) is 25.0 Å². The first-order valence-electron chi connectivity index (χ1n) is 6.57. The number of halogens is 4. The maximum absolute atomic E-state index is 11.9. The summed E-state index contributed by atoms with van der Waals surface area (Å²) < 4.78 is 0. The molecule has 2 aromatic heterocycles. The Kier molecular flexibility index (Phi) is 11.3. The van der Waals surface area contributed by atoms with Crippen molar-refractivity contribution in [1.82, 2.24) is 15.3 Å². The third-order valence-electron chi connectivity index (χ3n) is 2.65. The second kappa shape index (κ2) is 11.7. The number of hydrogen-bond donors (Lipinski definition) is 3. The van der Waals surface area contributed by atoms with Gasteiger partial charge in [0.1, 0.15) is 11.5 Å². The minimum Gasteiger partial charge on any atom is -0.367 e. The van der Waals surface area contributed by atoms with E-state index in [1.54, 1.807) is 11.4 Å². The van der Waals surface area contributed by atoms with Crippen LogP contribution in [0, 0.1) is 0 Å². The van der Waals surface area contributed by atoms with E-state index < -0.39 is 0 Å². The van der Waals surface area contributed by atoms with Gasteiger partial charge in [0.2, 0.25) is 0 Å². The number of amides is 1. The van der Waals surface area contributed by atoms with Crippen molar-refractivity contribution in [1.29, 1.82) is 0 Å². The lowest BCUT2D eigenvalue weighted by atomic mass is 10.4. The molecule has 2 rings (SSSR count). The number of aromatic nitrogens is 2. The van der Waals surface area contributed by atoms with Gasteiger partial charge in [-0.05, 0) is 12.6 Å². The van der Waals surface area contributed by atoms with E-state index in [4.69, 9.17) is 28.9 Å². The summed E-state index contributed by atoms with van der Waals surface area (Å²) in [4.78, 5) is 20.2. The standard InChI is InChI=1S/C13H15Cl2N5OS.2ClH/c14-8-5-9(15)12(19-6-8)17-3-4-18-13(21)10-7-22-11(20-10)1-2-16;;/h5-7H,1-4,16H2,(H,17,19)(H,18,21);2*1H. The number of carbonyl (C=O) groups is 1. The van der Waals surface area contributed by atoms with Crippen molar-refractivity contribution in [2.45, 2.75) is 6.42 Å². The van der Waals surface area contributed by atoms with Gasteiger partial charge in [0.05, 0.1) is 15.1 Å². The highest BCUT2D eigenvalue weighted by molar-refractivity contribution is 7.09. The van der Waals surface area contributed by atoms with Gasteiger partial charge in [-0.2, -0.15) is 0 Å². The molecule has 0 aromatic carbocycles. The van der Waals surface area contributed by atoms with Crippen LogP contribution in [0.5, 0.6) is 0 Å². The third-order valence-corrected chi connectivity index (χ3v) is 4.06. The van der Waals surface area contributed by atoms with Crippen LogP contribution in [0.3, 0.4) is 0 Å². The van der Waals surface area contributed by atoms with E-state index in [9.17, 15) is 4.79 Å². The number of nitrogens with one attached hydrogen (secondary N) is 2. The second-order valence-electron chi connectivity index (χ2n) is 4.33. The van der Waals surface area contributed by atoms with E-state index in [2.05, 4.69) is 20.6 Å². The molecular formula is C13H17Cl4N5OS. The number of nitrogens with two attached hydrogens (primary N) is 1. The Morgan fingerprint density at radius 1 is 1.29 bits per heavy atom. The highest BCUT2D eigenvalue weighted by atomic mass is 35.5. The van der Waals surface area contributed by atoms with Gasteiger partial charge in [-0.15, -0.1) is 36.2 Å². The van der Waals surface area contributed by atoms with Gasteiger partial charge in [-0.25, -0.2) is 9.97 Å². The molecule has 0 aliphatic heterocycles. The van der Waals surface area contributed by atoms with E-state index in [0.717, 1.165) is 5.01 Å². The molecule has 2 heterocycles. The molecule has 11 heteroatoms. The van der Waals surface area contributed by atoms with Gasteiger partial charge < -0.3 is 16.4 Å². The van der Waals surface area contributed by atoms with Crippen LogP contribution in [0.1, 0.15) is 15.5 Å². The molecular weight excluding hydrogens is 416 g/mol. The maximum atomic E-state index is 11.9. The molecule has 0 bridgehead atoms. The zero-order valence-corrected chi connectivity index (χ0v) is 16.4. The minimum absolute atomic E-state index is 0. The zero-order chi connectivity index (χ0) is 15.9. The highest BCUT2D eigenvalue weighted by Gasteiger charge is 2.10. The fourth-order valence-corrected chi connectivity index (χ4v) is 2.89. The second-order valence-corrected chi connectivity index (χ2v) is 6.12. The normalized spacial score (nSPS) is 9.62. The van der Waals surface area contributed by atoms with Gasteiger partial charge in [0, 0.05) is 31.1 Å². The summed E-state index contributed by atoms with van der Waals surface area (Å²) in [6.07, 6.45) is 2.18. The largest absolute Gasteiger partial charge is 0.367 e. The minimum atomic E-state index is -0.212. The molecule has 0 fully saturated rings. The van der Waals surface area contributed by atoms with Gasteiger partial charge in [-0.1, -0.05) is 23.2 Å². The average molecular weight is 433 g/mol. The average Bonchev–Trinajstić information content (AvgIpc) is 2.94. The van der Waals surface area contributed by atoms with Crippen LogP contribution in [0.15, 0.2) is 17.6 Å². The van der Waals surface area contributed by atoms with E-state index in [0.29, 0.717) is 47.6 Å². The number of anilines is 1. The van der Waals surface area contributed by atoms with E-state index in [-0.39, 0.29) is 30.7 Å². The van der Waals surface area contributed by atoms with Crippen LogP contribution in [0.4, 0.5) is 5.82 Å². The molecule has 134 valence electrons. The van der Waals surface area contributed by atoms with E-state index in [1.165, 1.54) is 17.5 Å². The predicted octanol–water partition coefficient (Wildman–Crippen LogP) is 3.03. The van der Waals surface area contributed by atoms with Crippen LogP contribution >= 0.6 is 59.4 Å². The number of rotatable bonds is 7. The summed E-state index contributed by atoms with van der Waals surface area (Å²) in [7, 11) is 0. The monoisotopic (exact) mass is 431 g/mol. The van der Waals surface area contributed by atoms with Crippen molar-refractivity contribution >= 4 is 71.1 Å². The number of pyridine rings is 1. The van der Waals surface area contributed by atoms with Gasteiger partial charge in [0.15, 0.2) is 0 Å². The molecule has 2 aromatic rings. The van der Waals surface area contributed by atoms with Crippen LogP contribution in [-0.2, 0) is 6.42 Å². The van der Waals surface area contributed by atoms with Crippen molar-refractivity contribution in [3.8, 4) is 0 Å². The number of carbonyl (C=O) groups excluding carboxylic acids is 1. The molecule has 1 amide bonds. The fourth-order valence-electron chi connectivity index (χ4n) is 1.65. The lowest BCUT2D eigenvalue weighted by Gasteiger charge is -2.08. The summed E-state index contributed by atoms with van der Waals surface area (Å²) in [5, 5.41) is 9.29. The Morgan fingerprint density at radius 3 is 2.71 bits per heavy atom. The van der Waals surface area contributed by atoms with Crippen LogP contribution in [0.25, 0.3) is 0 Å². The SMILES string of the molecule is Cl.Cl.NCCc1nc(C(=O)NCCNc2ncc(Cl)cc2Cl)cs1. The first-order valence-corrected chi connectivity index (χ1v) is 8.21. The Hall–Kier alpha value is -0.830. The summed E-state index contributed by atoms with van der Waals surface area (Å²) in [5.74, 6) is 0.315. The molecule has 0 radical (unpaired) electrons. The lowest BCUT2D eigenvalue weighted by molar-refractivity contribution is 0.0950. The molecule has 24 heavy (non-hydrogen) atoms. The summed E-state index contributed by atoms with van der Waals surface area (Å²) in [6.45, 7) is 1.43. The molecule has 6 nitrogen and oxygen atoms in total. The van der Waals surface area contributed by atoms with Crippen molar-refractivity contribution < 1.29 is 4.79 Å². The Morgan fingerprint density at radius 2 is 2.04 bits per heavy atom. The molecule has 0 atom stereocenters. The maximum Gasteiger partial charge on any atom is 0.270 e. The summed E-state index contributed by atoms with van der Waals surface area (Å²) >= 11 is 13.2. The zero-order valence-electron chi connectivity index (χ0n) is 12.4. The van der Waals surface area contributed by atoms with Crippen LogP contribution in [0.2, 0.25) is 10.0 Å². The van der Waals surface area contributed by atoms with Crippen molar-refractivity contribution in [3.05, 3.63) is 38.4 Å². The summed E-state index contributed by atoms with van der Waals surface area (Å²) in [5.41, 5.74) is 5.87. The third kappa shape index (κ3) is 6.96. The molecule has 0 spiro atoms. The number of nitrogens with zero attached hydrogens (tertiary/aromatic N) is 2. The molecule has 0 unspecified atom stereocenters. The Bertz CT molecular complexity index is 655. The first-order chi connectivity index (χ1) is 10.6. The molecule has 0 aliphatic carbocycles. The van der Waals surface area contributed by atoms with E-state index >= 15 is 0 Å². The van der Waals surface area contributed by atoms with Crippen LogP contribution < -0.4 is 16.4 Å². The lowest BCUT2D eigenvalue weighted by Crippen LogP contribution is -2.29. The smallest absolute Gasteiger partial charge is 0.270 e. The van der Waals surface area contributed by atoms with Crippen molar-refractivity contribution in [3.63, 3.8) is 0 Å².